The monoisotopic (exact) mass is 1030 g/mol. The van der Waals surface area contributed by atoms with Gasteiger partial charge in [0, 0.05) is 56.0 Å². The predicted molar refractivity (Wildman–Crippen MR) is 326 cm³/mol. The summed E-state index contributed by atoms with van der Waals surface area (Å²) in [6, 6.07) is 81.3. The van der Waals surface area contributed by atoms with Crippen LogP contribution in [0.25, 0.3) is 82.6 Å². The summed E-state index contributed by atoms with van der Waals surface area (Å²) in [6.45, 7) is 9.55. The molecule has 8 aliphatic carbocycles. The molecule has 0 aliphatic heterocycles. The molecule has 13 aromatic rings. The fraction of sp³-hybridized carbons (Fsp3) is 0.128. The van der Waals surface area contributed by atoms with Gasteiger partial charge >= 0.3 is 0 Å². The van der Waals surface area contributed by atoms with Crippen molar-refractivity contribution in [1.82, 2.24) is 4.40 Å². The number of benzene rings is 11. The summed E-state index contributed by atoms with van der Waals surface area (Å²) in [5.74, 6) is -0.395. The highest BCUT2D eigenvalue weighted by Gasteiger charge is 2.48. The Bertz CT molecular complexity index is 4820. The SMILES string of the molecule is CC1(C)c2ccccc2-c2ccc(-c3cc(-c4ccc5c(c4)C(C)(C)c4ccccc4-5)c4c5c6c(c(C#N)cc5n5c7cc(C#N)c8c(c7c3c45)C3c4ccccc4C8c4ccccc43)C3c4ccccc4C6c4ccccc43)cc21. The molecule has 11 aromatic carbocycles. The second kappa shape index (κ2) is 14.7. The molecule has 376 valence electrons. The number of hydrogen-bond donors (Lipinski definition) is 0. The van der Waals surface area contributed by atoms with Gasteiger partial charge in [-0.1, -0.05) is 198 Å². The van der Waals surface area contributed by atoms with Crippen molar-refractivity contribution in [3.63, 3.8) is 0 Å². The molecule has 2 heterocycles. The zero-order valence-electron chi connectivity index (χ0n) is 45.2. The molecule has 0 fully saturated rings. The van der Waals surface area contributed by atoms with Crippen LogP contribution < -0.4 is 0 Å². The molecular formula is C78H49N3. The fourth-order valence-electron chi connectivity index (χ4n) is 17.7. The minimum Gasteiger partial charge on any atom is -0.308 e. The second-order valence-corrected chi connectivity index (χ2v) is 25.0. The lowest BCUT2D eigenvalue weighted by Gasteiger charge is -2.43. The molecule has 0 saturated heterocycles. The van der Waals surface area contributed by atoms with E-state index >= 15 is 0 Å². The number of hydrogen-bond acceptors (Lipinski definition) is 2. The molecule has 2 aromatic heterocycles. The topological polar surface area (TPSA) is 52.0 Å². The van der Waals surface area contributed by atoms with E-state index in [1.165, 1.54) is 144 Å². The molecular weight excluding hydrogens is 979 g/mol. The normalized spacial score (nSPS) is 18.8. The van der Waals surface area contributed by atoms with E-state index in [2.05, 4.69) is 244 Å². The Balaban J connectivity index is 1.04. The summed E-state index contributed by atoms with van der Waals surface area (Å²) in [7, 11) is 0. The van der Waals surface area contributed by atoms with E-state index in [4.69, 9.17) is 0 Å². The fourth-order valence-corrected chi connectivity index (χ4v) is 17.7. The van der Waals surface area contributed by atoms with Gasteiger partial charge in [-0.3, -0.25) is 0 Å². The van der Waals surface area contributed by atoms with Crippen LogP contribution >= 0.6 is 0 Å². The maximum Gasteiger partial charge on any atom is 0.0995 e. The molecule has 0 saturated carbocycles. The van der Waals surface area contributed by atoms with E-state index in [-0.39, 0.29) is 34.5 Å². The van der Waals surface area contributed by atoms with Crippen molar-refractivity contribution in [3.8, 4) is 56.6 Å². The molecule has 3 heteroatoms. The van der Waals surface area contributed by atoms with Gasteiger partial charge in [0.25, 0.3) is 0 Å². The highest BCUT2D eigenvalue weighted by Crippen LogP contribution is 2.64. The van der Waals surface area contributed by atoms with Crippen LogP contribution in [0.5, 0.6) is 0 Å². The molecule has 0 spiro atoms. The van der Waals surface area contributed by atoms with Crippen molar-refractivity contribution in [2.24, 2.45) is 0 Å². The molecule has 0 radical (unpaired) electrons. The van der Waals surface area contributed by atoms with Crippen LogP contribution in [0.15, 0.2) is 200 Å². The predicted octanol–water partition coefficient (Wildman–Crippen LogP) is 18.5. The first-order valence-electron chi connectivity index (χ1n) is 28.8. The quantitative estimate of drug-likeness (QED) is 0.173. The van der Waals surface area contributed by atoms with E-state index in [1.807, 2.05) is 0 Å². The van der Waals surface area contributed by atoms with Crippen molar-refractivity contribution in [3.05, 3.63) is 300 Å². The van der Waals surface area contributed by atoms with Crippen molar-refractivity contribution in [2.75, 3.05) is 0 Å². The van der Waals surface area contributed by atoms with E-state index in [0.29, 0.717) is 11.1 Å². The van der Waals surface area contributed by atoms with E-state index < -0.39 is 0 Å². The average Bonchev–Trinajstić information content (AvgIpc) is 2.43. The summed E-state index contributed by atoms with van der Waals surface area (Å²) in [6.07, 6.45) is 0. The molecule has 0 amide bonds. The first kappa shape index (κ1) is 44.1. The Morgan fingerprint density at radius 1 is 0.321 bits per heavy atom. The Labute approximate surface area is 469 Å². The van der Waals surface area contributed by atoms with Crippen LogP contribution in [-0.2, 0) is 10.8 Å². The van der Waals surface area contributed by atoms with Gasteiger partial charge in [-0.2, -0.15) is 10.5 Å². The van der Waals surface area contributed by atoms with Crippen molar-refractivity contribution in [2.45, 2.75) is 62.2 Å². The van der Waals surface area contributed by atoms with E-state index in [0.717, 1.165) is 27.7 Å². The number of rotatable bonds is 2. The molecule has 4 bridgehead atoms. The minimum absolute atomic E-state index is 0.0987. The molecule has 8 aliphatic rings. The smallest absolute Gasteiger partial charge is 0.0995 e. The lowest BCUT2D eigenvalue weighted by atomic mass is 9.59. The number of aromatic nitrogens is 1. The lowest BCUT2D eigenvalue weighted by Crippen LogP contribution is -2.28. The average molecular weight is 1030 g/mol. The highest BCUT2D eigenvalue weighted by atomic mass is 14.9. The third-order valence-corrected chi connectivity index (χ3v) is 20.9. The lowest BCUT2D eigenvalue weighted by molar-refractivity contribution is 0.660. The zero-order valence-corrected chi connectivity index (χ0v) is 45.2. The Morgan fingerprint density at radius 3 is 1.00 bits per heavy atom. The van der Waals surface area contributed by atoms with Crippen molar-refractivity contribution in [1.29, 1.82) is 10.5 Å². The largest absolute Gasteiger partial charge is 0.308 e. The van der Waals surface area contributed by atoms with E-state index in [1.54, 1.807) is 0 Å². The van der Waals surface area contributed by atoms with Gasteiger partial charge in [-0.25, -0.2) is 0 Å². The van der Waals surface area contributed by atoms with Gasteiger partial charge in [-0.05, 0) is 164 Å². The standard InChI is InChI=1S/C78H49N3/c1-77(2)58-27-15-13-17-44(58)46-31-29-40(33-60(46)77)56-37-57(41-30-32-47-45-18-14-16-28-59(45)78(3,4)61(47)34-41)71-73-63(36-43(39-80)65-67-50-21-7-11-25-54(50)69(75(65)73)55-26-12-8-22-51(55)67)81-62-35-42(38-79)64-66-48-19-5-9-23-52(48)68(53-24-10-6-20-49(53)66)74(64)72(62)70(56)76(71)81/h5-37,66-69H,1-4H3. The number of nitrogens with zero attached hydrogens (tertiary/aromatic N) is 3. The molecule has 21 rings (SSSR count). The molecule has 0 atom stereocenters. The maximum absolute atomic E-state index is 11.7. The van der Waals surface area contributed by atoms with Crippen molar-refractivity contribution >= 4 is 38.1 Å². The third kappa shape index (κ3) is 5.05. The van der Waals surface area contributed by atoms with Crippen LogP contribution in [0.3, 0.4) is 0 Å². The van der Waals surface area contributed by atoms with E-state index in [9.17, 15) is 10.5 Å². The third-order valence-electron chi connectivity index (χ3n) is 20.9. The zero-order chi connectivity index (χ0) is 53.7. The van der Waals surface area contributed by atoms with Crippen LogP contribution in [-0.4, -0.2) is 4.40 Å². The van der Waals surface area contributed by atoms with Gasteiger partial charge in [0.05, 0.1) is 39.8 Å². The second-order valence-electron chi connectivity index (χ2n) is 25.0. The molecule has 0 unspecified atom stereocenters. The first-order chi connectivity index (χ1) is 39.7. The first-order valence-corrected chi connectivity index (χ1v) is 28.8. The Morgan fingerprint density at radius 2 is 0.642 bits per heavy atom. The number of fused-ring (bicyclic) bond motifs is 12. The van der Waals surface area contributed by atoms with Crippen LogP contribution in [0, 0.1) is 22.7 Å². The van der Waals surface area contributed by atoms with Gasteiger partial charge in [-0.15, -0.1) is 0 Å². The van der Waals surface area contributed by atoms with Crippen LogP contribution in [0.2, 0.25) is 0 Å². The minimum atomic E-state index is -0.228. The molecule has 0 N–H and O–H groups in total. The Kier molecular flexibility index (Phi) is 8.01. The summed E-state index contributed by atoms with van der Waals surface area (Å²) in [5.41, 5.74) is 34.6. The number of nitriles is 2. The van der Waals surface area contributed by atoms with Gasteiger partial charge in [0.2, 0.25) is 0 Å². The summed E-state index contributed by atoms with van der Waals surface area (Å²) in [5, 5.41) is 28.3. The summed E-state index contributed by atoms with van der Waals surface area (Å²) in [4.78, 5) is 0. The van der Waals surface area contributed by atoms with Gasteiger partial charge < -0.3 is 4.40 Å². The Hall–Kier alpha value is -9.80. The van der Waals surface area contributed by atoms with Crippen LogP contribution in [0.1, 0.15) is 152 Å². The maximum atomic E-state index is 11.7. The highest BCUT2D eigenvalue weighted by molar-refractivity contribution is 6.32. The van der Waals surface area contributed by atoms with Gasteiger partial charge in [0.1, 0.15) is 0 Å². The van der Waals surface area contributed by atoms with Crippen molar-refractivity contribution < 1.29 is 0 Å². The summed E-state index contributed by atoms with van der Waals surface area (Å²) >= 11 is 0. The molecule has 3 nitrogen and oxygen atoms in total. The molecule has 81 heavy (non-hydrogen) atoms. The van der Waals surface area contributed by atoms with Gasteiger partial charge in [0.15, 0.2) is 0 Å². The van der Waals surface area contributed by atoms with Crippen LogP contribution in [0.4, 0.5) is 0 Å². The summed E-state index contributed by atoms with van der Waals surface area (Å²) < 4.78 is 2.53.